The number of rotatable bonds is 4. The Balaban J connectivity index is 1.65. The Morgan fingerprint density at radius 3 is 3.04 bits per heavy atom. The fourth-order valence-corrected chi connectivity index (χ4v) is 3.37. The first-order valence-corrected chi connectivity index (χ1v) is 8.86. The van der Waals surface area contributed by atoms with Gasteiger partial charge in [-0.2, -0.15) is 0 Å². The van der Waals surface area contributed by atoms with Crippen molar-refractivity contribution in [1.82, 2.24) is 10.3 Å². The maximum atomic E-state index is 12.2. The first kappa shape index (κ1) is 16.8. The summed E-state index contributed by atoms with van der Waals surface area (Å²) in [5.74, 6) is 1.14. The molecule has 0 unspecified atom stereocenters. The Morgan fingerprint density at radius 2 is 2.23 bits per heavy atom. The normalized spacial score (nSPS) is 21.8. The molecular weight excluding hydrogens is 330 g/mol. The standard InChI is InChI=1S/C19H23N5O2/c1-11-3-2-4-13(7-11)22-18-17-12(9-21-19(17)25)8-16(24-18)23-15-10-26-6-5-14(15)20/h2-4,7-8,14-15H,5-6,9-10,20H2,1H3,(H,21,25)(H2,22,23,24)/t14-,15+/m1/s1. The molecule has 7 heteroatoms. The second kappa shape index (κ2) is 6.93. The second-order valence-electron chi connectivity index (χ2n) is 6.85. The van der Waals surface area contributed by atoms with Crippen LogP contribution in [-0.4, -0.2) is 36.2 Å². The summed E-state index contributed by atoms with van der Waals surface area (Å²) in [4.78, 5) is 16.9. The summed E-state index contributed by atoms with van der Waals surface area (Å²) in [7, 11) is 0. The highest BCUT2D eigenvalue weighted by Crippen LogP contribution is 2.29. The van der Waals surface area contributed by atoms with Gasteiger partial charge in [-0.05, 0) is 42.7 Å². The molecule has 0 spiro atoms. The van der Waals surface area contributed by atoms with Gasteiger partial charge in [0, 0.05) is 24.9 Å². The molecule has 0 aliphatic carbocycles. The largest absolute Gasteiger partial charge is 0.379 e. The molecule has 1 aromatic heterocycles. The average Bonchev–Trinajstić information content (AvgIpc) is 2.98. The van der Waals surface area contributed by atoms with Crippen LogP contribution in [0.5, 0.6) is 0 Å². The molecule has 2 aromatic rings. The van der Waals surface area contributed by atoms with Gasteiger partial charge < -0.3 is 26.4 Å². The van der Waals surface area contributed by atoms with Crippen molar-refractivity contribution >= 4 is 23.2 Å². The number of carbonyl (C=O) groups excluding carboxylic acids is 1. The van der Waals surface area contributed by atoms with Gasteiger partial charge >= 0.3 is 0 Å². The predicted octanol–water partition coefficient (Wildman–Crippen LogP) is 1.91. The van der Waals surface area contributed by atoms with Crippen molar-refractivity contribution < 1.29 is 9.53 Å². The zero-order valence-electron chi connectivity index (χ0n) is 14.7. The number of nitrogens with zero attached hydrogens (tertiary/aromatic N) is 1. The number of aromatic nitrogens is 1. The van der Waals surface area contributed by atoms with E-state index < -0.39 is 0 Å². The maximum absolute atomic E-state index is 12.2. The van der Waals surface area contributed by atoms with Gasteiger partial charge in [0.1, 0.15) is 11.6 Å². The molecule has 0 bridgehead atoms. The number of hydrogen-bond donors (Lipinski definition) is 4. The monoisotopic (exact) mass is 353 g/mol. The van der Waals surface area contributed by atoms with Gasteiger partial charge in [-0.15, -0.1) is 0 Å². The van der Waals surface area contributed by atoms with Crippen LogP contribution in [0.1, 0.15) is 27.9 Å². The van der Waals surface area contributed by atoms with Crippen molar-refractivity contribution in [3.05, 3.63) is 47.0 Å². The fourth-order valence-electron chi connectivity index (χ4n) is 3.37. The number of nitrogens with one attached hydrogen (secondary N) is 3. The lowest BCUT2D eigenvalue weighted by molar-refractivity contribution is 0.0767. The van der Waals surface area contributed by atoms with Crippen LogP contribution in [0.25, 0.3) is 0 Å². The number of carbonyl (C=O) groups is 1. The number of anilines is 3. The van der Waals surface area contributed by atoms with Crippen molar-refractivity contribution in [3.8, 4) is 0 Å². The van der Waals surface area contributed by atoms with Crippen LogP contribution in [0, 0.1) is 6.92 Å². The molecule has 2 aliphatic heterocycles. The molecule has 26 heavy (non-hydrogen) atoms. The number of nitrogens with two attached hydrogens (primary N) is 1. The summed E-state index contributed by atoms with van der Waals surface area (Å²) >= 11 is 0. The lowest BCUT2D eigenvalue weighted by Crippen LogP contribution is -2.47. The van der Waals surface area contributed by atoms with E-state index in [1.165, 1.54) is 0 Å². The number of amides is 1. The average molecular weight is 353 g/mol. The van der Waals surface area contributed by atoms with Crippen LogP contribution in [0.15, 0.2) is 30.3 Å². The summed E-state index contributed by atoms with van der Waals surface area (Å²) in [6.07, 6.45) is 0.817. The molecule has 2 aliphatic rings. The minimum absolute atomic E-state index is 0.00573. The molecule has 1 fully saturated rings. The highest BCUT2D eigenvalue weighted by Gasteiger charge is 2.27. The van der Waals surface area contributed by atoms with E-state index in [0.29, 0.717) is 37.0 Å². The van der Waals surface area contributed by atoms with Gasteiger partial charge in [0.15, 0.2) is 0 Å². The molecule has 1 saturated heterocycles. The van der Waals surface area contributed by atoms with E-state index in [1.54, 1.807) is 0 Å². The lowest BCUT2D eigenvalue weighted by Gasteiger charge is -2.30. The Labute approximate surface area is 152 Å². The minimum Gasteiger partial charge on any atom is -0.379 e. The molecule has 7 nitrogen and oxygen atoms in total. The molecule has 5 N–H and O–H groups in total. The number of pyridine rings is 1. The Bertz CT molecular complexity index is 839. The van der Waals surface area contributed by atoms with Crippen molar-refractivity contribution in [1.29, 1.82) is 0 Å². The molecule has 136 valence electrons. The van der Waals surface area contributed by atoms with Gasteiger partial charge in [0.05, 0.1) is 18.2 Å². The lowest BCUT2D eigenvalue weighted by atomic mass is 10.0. The third-order valence-corrected chi connectivity index (χ3v) is 4.79. The van der Waals surface area contributed by atoms with Crippen LogP contribution in [0.3, 0.4) is 0 Å². The van der Waals surface area contributed by atoms with E-state index in [0.717, 1.165) is 23.2 Å². The third-order valence-electron chi connectivity index (χ3n) is 4.79. The first-order chi connectivity index (χ1) is 12.6. The Morgan fingerprint density at radius 1 is 1.35 bits per heavy atom. The van der Waals surface area contributed by atoms with Gasteiger partial charge in [0.25, 0.3) is 5.91 Å². The van der Waals surface area contributed by atoms with Crippen molar-refractivity contribution in [2.75, 3.05) is 23.8 Å². The number of hydrogen-bond acceptors (Lipinski definition) is 6. The predicted molar refractivity (Wildman–Crippen MR) is 101 cm³/mol. The number of ether oxygens (including phenoxy) is 1. The molecule has 4 rings (SSSR count). The topological polar surface area (TPSA) is 101 Å². The quantitative estimate of drug-likeness (QED) is 0.670. The fraction of sp³-hybridized carbons (Fsp3) is 0.368. The molecular formula is C19H23N5O2. The molecule has 1 aromatic carbocycles. The Hall–Kier alpha value is -2.64. The van der Waals surface area contributed by atoms with Crippen molar-refractivity contribution in [2.45, 2.75) is 32.0 Å². The van der Waals surface area contributed by atoms with E-state index in [1.807, 2.05) is 37.3 Å². The van der Waals surface area contributed by atoms with Crippen molar-refractivity contribution in [2.24, 2.45) is 5.73 Å². The van der Waals surface area contributed by atoms with E-state index >= 15 is 0 Å². The molecule has 2 atom stereocenters. The minimum atomic E-state index is -0.105. The van der Waals surface area contributed by atoms with Crippen LogP contribution >= 0.6 is 0 Å². The van der Waals surface area contributed by atoms with Crippen molar-refractivity contribution in [3.63, 3.8) is 0 Å². The Kier molecular flexibility index (Phi) is 4.48. The van der Waals surface area contributed by atoms with Gasteiger partial charge in [-0.1, -0.05) is 12.1 Å². The maximum Gasteiger partial charge on any atom is 0.255 e. The zero-order chi connectivity index (χ0) is 18.1. The van der Waals surface area contributed by atoms with E-state index in [-0.39, 0.29) is 18.0 Å². The molecule has 3 heterocycles. The molecule has 1 amide bonds. The summed E-state index contributed by atoms with van der Waals surface area (Å²) in [6.45, 7) is 3.77. The summed E-state index contributed by atoms with van der Waals surface area (Å²) < 4.78 is 5.52. The first-order valence-electron chi connectivity index (χ1n) is 8.86. The van der Waals surface area contributed by atoms with Gasteiger partial charge in [-0.3, -0.25) is 4.79 Å². The second-order valence-corrected chi connectivity index (χ2v) is 6.85. The zero-order valence-corrected chi connectivity index (χ0v) is 14.7. The number of aryl methyl sites for hydroxylation is 1. The highest BCUT2D eigenvalue weighted by atomic mass is 16.5. The molecule has 0 radical (unpaired) electrons. The summed E-state index contributed by atoms with van der Waals surface area (Å²) in [5.41, 5.74) is 9.74. The van der Waals surface area contributed by atoms with E-state index in [4.69, 9.17) is 10.5 Å². The summed E-state index contributed by atoms with van der Waals surface area (Å²) in [5, 5.41) is 9.53. The van der Waals surface area contributed by atoms with Gasteiger partial charge in [0.2, 0.25) is 0 Å². The van der Waals surface area contributed by atoms with Crippen LogP contribution in [-0.2, 0) is 11.3 Å². The number of fused-ring (bicyclic) bond motifs is 1. The molecule has 0 saturated carbocycles. The summed E-state index contributed by atoms with van der Waals surface area (Å²) in [6, 6.07) is 9.91. The van der Waals surface area contributed by atoms with Crippen LogP contribution in [0.4, 0.5) is 17.3 Å². The number of benzene rings is 1. The van der Waals surface area contributed by atoms with Crippen LogP contribution < -0.4 is 21.7 Å². The highest BCUT2D eigenvalue weighted by molar-refractivity contribution is 6.03. The third kappa shape index (κ3) is 3.36. The van der Waals surface area contributed by atoms with Gasteiger partial charge in [-0.25, -0.2) is 4.98 Å². The van der Waals surface area contributed by atoms with E-state index in [2.05, 4.69) is 20.9 Å². The van der Waals surface area contributed by atoms with E-state index in [9.17, 15) is 4.79 Å². The smallest absolute Gasteiger partial charge is 0.255 e. The van der Waals surface area contributed by atoms with Crippen LogP contribution in [0.2, 0.25) is 0 Å². The SMILES string of the molecule is Cc1cccc(Nc2nc(N[C@H]3COCC[C@H]3N)cc3c2C(=O)NC3)c1.